The molecule has 0 atom stereocenters. The average Bonchev–Trinajstić information content (AvgIpc) is 2.98. The van der Waals surface area contributed by atoms with Crippen molar-refractivity contribution in [3.63, 3.8) is 0 Å². The average molecular weight is 386 g/mol. The number of carbonyl (C=O) groups excluding carboxylic acids is 2. The molecular formula is C15H16ClN3O5S. The zero-order valence-electron chi connectivity index (χ0n) is 13.4. The summed E-state index contributed by atoms with van der Waals surface area (Å²) in [5.41, 5.74) is -1.28. The minimum absolute atomic E-state index is 0.353. The second-order valence-electron chi connectivity index (χ2n) is 5.01. The van der Waals surface area contributed by atoms with E-state index in [1.165, 1.54) is 22.4 Å². The fraction of sp³-hybridized carbons (Fsp3) is 0.333. The summed E-state index contributed by atoms with van der Waals surface area (Å²) >= 11 is 7.24. The van der Waals surface area contributed by atoms with Gasteiger partial charge in [-0.2, -0.15) is 0 Å². The van der Waals surface area contributed by atoms with Gasteiger partial charge in [-0.25, -0.2) is 4.79 Å². The molecule has 0 spiro atoms. The zero-order chi connectivity index (χ0) is 18.4. The van der Waals surface area contributed by atoms with Crippen LogP contribution in [0.15, 0.2) is 34.0 Å². The molecule has 0 aliphatic carbocycles. The van der Waals surface area contributed by atoms with Crippen molar-refractivity contribution < 1.29 is 14.3 Å². The highest BCUT2D eigenvalue weighted by Gasteiger charge is 2.16. The number of esters is 1. The maximum Gasteiger partial charge on any atom is 0.328 e. The second kappa shape index (κ2) is 8.63. The van der Waals surface area contributed by atoms with E-state index in [2.05, 4.69) is 0 Å². The molecule has 134 valence electrons. The standard InChI is InChI=1S/C15H16ClN3O5S/c1-2-18(7-10-3-4-11(16)25-10)13(21)9-24-14(22)8-19-6-5-12(20)17-15(19)23/h3-6H,2,7-9H2,1H3,(H,17,20,23). The number of carbonyl (C=O) groups is 2. The van der Waals surface area contributed by atoms with Gasteiger partial charge in [-0.15, -0.1) is 11.3 Å². The van der Waals surface area contributed by atoms with Crippen molar-refractivity contribution in [1.82, 2.24) is 14.5 Å². The van der Waals surface area contributed by atoms with Gasteiger partial charge in [-0.3, -0.25) is 23.9 Å². The van der Waals surface area contributed by atoms with Gasteiger partial charge < -0.3 is 9.64 Å². The normalized spacial score (nSPS) is 10.5. The minimum Gasteiger partial charge on any atom is -0.454 e. The fourth-order valence-corrected chi connectivity index (χ4v) is 3.09. The van der Waals surface area contributed by atoms with Gasteiger partial charge in [0.25, 0.3) is 11.5 Å². The molecule has 2 heterocycles. The molecule has 1 amide bonds. The summed E-state index contributed by atoms with van der Waals surface area (Å²) in [6, 6.07) is 4.70. The number of nitrogens with one attached hydrogen (secondary N) is 1. The number of likely N-dealkylation sites (N-methyl/N-ethyl adjacent to an activating group) is 1. The van der Waals surface area contributed by atoms with E-state index < -0.39 is 30.4 Å². The third-order valence-electron chi connectivity index (χ3n) is 3.26. The van der Waals surface area contributed by atoms with Gasteiger partial charge in [0.15, 0.2) is 6.61 Å². The van der Waals surface area contributed by atoms with E-state index >= 15 is 0 Å². The monoisotopic (exact) mass is 385 g/mol. The fourth-order valence-electron chi connectivity index (χ4n) is 1.99. The predicted octanol–water partition coefficient (Wildman–Crippen LogP) is 0.843. The maximum atomic E-state index is 12.2. The van der Waals surface area contributed by atoms with Crippen LogP contribution in [0.4, 0.5) is 0 Å². The number of rotatable bonds is 7. The Morgan fingerprint density at radius 3 is 2.68 bits per heavy atom. The van der Waals surface area contributed by atoms with Crippen LogP contribution in [-0.2, 0) is 27.4 Å². The molecule has 0 aromatic carbocycles. The van der Waals surface area contributed by atoms with Crippen LogP contribution >= 0.6 is 22.9 Å². The predicted molar refractivity (Wildman–Crippen MR) is 92.7 cm³/mol. The van der Waals surface area contributed by atoms with Crippen molar-refractivity contribution in [2.45, 2.75) is 20.0 Å². The van der Waals surface area contributed by atoms with E-state index in [1.54, 1.807) is 6.07 Å². The van der Waals surface area contributed by atoms with E-state index in [9.17, 15) is 19.2 Å². The van der Waals surface area contributed by atoms with E-state index in [4.69, 9.17) is 16.3 Å². The van der Waals surface area contributed by atoms with Crippen molar-refractivity contribution in [1.29, 1.82) is 0 Å². The molecule has 0 radical (unpaired) electrons. The summed E-state index contributed by atoms with van der Waals surface area (Å²) < 4.78 is 6.54. The number of nitrogens with zero attached hydrogens (tertiary/aromatic N) is 2. The molecule has 25 heavy (non-hydrogen) atoms. The van der Waals surface area contributed by atoms with Crippen LogP contribution in [0.25, 0.3) is 0 Å². The highest BCUT2D eigenvalue weighted by molar-refractivity contribution is 7.16. The van der Waals surface area contributed by atoms with Gasteiger partial charge in [0.05, 0.1) is 10.9 Å². The van der Waals surface area contributed by atoms with Crippen LogP contribution < -0.4 is 11.2 Å². The molecule has 0 saturated heterocycles. The minimum atomic E-state index is -0.752. The van der Waals surface area contributed by atoms with E-state index in [1.807, 2.05) is 18.0 Å². The van der Waals surface area contributed by atoms with Crippen molar-refractivity contribution in [2.75, 3.05) is 13.2 Å². The highest BCUT2D eigenvalue weighted by atomic mass is 35.5. The lowest BCUT2D eigenvalue weighted by molar-refractivity contribution is -0.152. The molecule has 2 rings (SSSR count). The zero-order valence-corrected chi connectivity index (χ0v) is 14.9. The van der Waals surface area contributed by atoms with Crippen molar-refractivity contribution >= 4 is 34.8 Å². The number of hydrogen-bond acceptors (Lipinski definition) is 6. The van der Waals surface area contributed by atoms with E-state index in [0.717, 1.165) is 15.5 Å². The van der Waals surface area contributed by atoms with Crippen LogP contribution in [0.5, 0.6) is 0 Å². The molecule has 0 aliphatic heterocycles. The van der Waals surface area contributed by atoms with Crippen LogP contribution in [0.2, 0.25) is 4.34 Å². The van der Waals surface area contributed by atoms with Gasteiger partial charge in [0.1, 0.15) is 6.54 Å². The lowest BCUT2D eigenvalue weighted by Crippen LogP contribution is -2.35. The quantitative estimate of drug-likeness (QED) is 0.712. The summed E-state index contributed by atoms with van der Waals surface area (Å²) in [4.78, 5) is 50.9. The third kappa shape index (κ3) is 5.57. The Bertz CT molecular complexity index is 872. The molecule has 0 saturated carbocycles. The Hall–Kier alpha value is -2.39. The lowest BCUT2D eigenvalue weighted by atomic mass is 10.4. The Morgan fingerprint density at radius 1 is 1.32 bits per heavy atom. The second-order valence-corrected chi connectivity index (χ2v) is 6.81. The number of ether oxygens (including phenoxy) is 1. The first-order valence-electron chi connectivity index (χ1n) is 7.36. The first-order chi connectivity index (χ1) is 11.9. The van der Waals surface area contributed by atoms with Crippen molar-refractivity contribution in [3.05, 3.63) is 54.4 Å². The Morgan fingerprint density at radius 2 is 2.08 bits per heavy atom. The largest absolute Gasteiger partial charge is 0.454 e. The Balaban J connectivity index is 1.87. The molecule has 2 aromatic rings. The molecule has 0 aliphatic rings. The van der Waals surface area contributed by atoms with Crippen LogP contribution in [0, 0.1) is 0 Å². The number of aromatic amines is 1. The van der Waals surface area contributed by atoms with Gasteiger partial charge in [0, 0.05) is 23.7 Å². The molecule has 2 aromatic heterocycles. The van der Waals surface area contributed by atoms with E-state index in [0.29, 0.717) is 17.4 Å². The third-order valence-corrected chi connectivity index (χ3v) is 4.48. The number of aromatic nitrogens is 2. The summed E-state index contributed by atoms with van der Waals surface area (Å²) in [6.07, 6.45) is 1.18. The number of hydrogen-bond donors (Lipinski definition) is 1. The van der Waals surface area contributed by atoms with Gasteiger partial charge in [-0.05, 0) is 19.1 Å². The molecule has 10 heteroatoms. The van der Waals surface area contributed by atoms with E-state index in [-0.39, 0.29) is 5.91 Å². The van der Waals surface area contributed by atoms with Crippen molar-refractivity contribution in [2.24, 2.45) is 0 Å². The van der Waals surface area contributed by atoms with Gasteiger partial charge in [0.2, 0.25) is 0 Å². The first kappa shape index (κ1) is 18.9. The topological polar surface area (TPSA) is 101 Å². The highest BCUT2D eigenvalue weighted by Crippen LogP contribution is 2.22. The van der Waals surface area contributed by atoms with Crippen LogP contribution in [-0.4, -0.2) is 39.5 Å². The van der Waals surface area contributed by atoms with Crippen LogP contribution in [0.1, 0.15) is 11.8 Å². The first-order valence-corrected chi connectivity index (χ1v) is 8.56. The van der Waals surface area contributed by atoms with Gasteiger partial charge in [-0.1, -0.05) is 11.6 Å². The Kier molecular flexibility index (Phi) is 6.54. The number of H-pyrrole nitrogens is 1. The smallest absolute Gasteiger partial charge is 0.328 e. The molecule has 0 fully saturated rings. The number of thiophene rings is 1. The van der Waals surface area contributed by atoms with Gasteiger partial charge >= 0.3 is 11.7 Å². The summed E-state index contributed by atoms with van der Waals surface area (Å²) in [6.45, 7) is 1.82. The summed E-state index contributed by atoms with van der Waals surface area (Å²) in [5.74, 6) is -1.10. The van der Waals surface area contributed by atoms with Crippen molar-refractivity contribution in [3.8, 4) is 0 Å². The summed E-state index contributed by atoms with van der Waals surface area (Å²) in [7, 11) is 0. The maximum absolute atomic E-state index is 12.2. The summed E-state index contributed by atoms with van der Waals surface area (Å²) in [5, 5.41) is 0. The number of amides is 1. The lowest BCUT2D eigenvalue weighted by Gasteiger charge is -2.20. The Labute approximate surface area is 151 Å². The molecule has 0 bridgehead atoms. The molecule has 1 N–H and O–H groups in total. The molecular weight excluding hydrogens is 370 g/mol. The SMILES string of the molecule is CCN(Cc1ccc(Cl)s1)C(=O)COC(=O)Cn1ccc(=O)[nH]c1=O. The molecule has 8 nitrogen and oxygen atoms in total. The number of halogens is 1. The molecule has 0 unspecified atom stereocenters. The van der Waals surface area contributed by atoms with Crippen LogP contribution in [0.3, 0.4) is 0 Å².